The summed E-state index contributed by atoms with van der Waals surface area (Å²) in [6.07, 6.45) is 10.1. The second-order valence-corrected chi connectivity index (χ2v) is 4.66. The van der Waals surface area contributed by atoms with Crippen molar-refractivity contribution in [3.05, 3.63) is 47.8 Å². The molecule has 0 aromatic carbocycles. The van der Waals surface area contributed by atoms with Gasteiger partial charge in [-0.3, -0.25) is 5.10 Å². The summed E-state index contributed by atoms with van der Waals surface area (Å²) in [6.45, 7) is 2.15. The minimum absolute atomic E-state index is 0.707. The van der Waals surface area contributed by atoms with Crippen LogP contribution < -0.4 is 0 Å². The number of aromatic amines is 2. The molecule has 0 saturated carbocycles. The van der Waals surface area contributed by atoms with E-state index in [-0.39, 0.29) is 0 Å². The Labute approximate surface area is 116 Å². The van der Waals surface area contributed by atoms with Crippen molar-refractivity contribution in [2.24, 2.45) is 0 Å². The number of rotatable bonds is 5. The Morgan fingerprint density at radius 3 is 2.95 bits per heavy atom. The first-order valence-corrected chi connectivity index (χ1v) is 6.69. The number of nitrogens with one attached hydrogen (secondary N) is 2. The van der Waals surface area contributed by atoms with Crippen LogP contribution in [0.3, 0.4) is 0 Å². The number of H-pyrrole nitrogens is 2. The van der Waals surface area contributed by atoms with Crippen LogP contribution in [0.25, 0.3) is 11.4 Å². The van der Waals surface area contributed by atoms with E-state index in [0.717, 1.165) is 41.2 Å². The third-order valence-corrected chi connectivity index (χ3v) is 3.13. The Hall–Kier alpha value is -2.50. The highest BCUT2D eigenvalue weighted by atomic mass is 15.1. The zero-order valence-corrected chi connectivity index (χ0v) is 11.3. The minimum atomic E-state index is 0.707. The van der Waals surface area contributed by atoms with Crippen molar-refractivity contribution < 1.29 is 0 Å². The normalized spacial score (nSPS) is 10.8. The number of aromatic nitrogens is 6. The average molecular weight is 268 g/mol. The van der Waals surface area contributed by atoms with Gasteiger partial charge in [-0.2, -0.15) is 15.3 Å². The van der Waals surface area contributed by atoms with Crippen LogP contribution >= 0.6 is 0 Å². The smallest absolute Gasteiger partial charge is 0.141 e. The van der Waals surface area contributed by atoms with Crippen molar-refractivity contribution in [1.82, 2.24) is 30.4 Å². The van der Waals surface area contributed by atoms with Crippen LogP contribution in [0.2, 0.25) is 0 Å². The molecule has 0 aliphatic rings. The summed E-state index contributed by atoms with van der Waals surface area (Å²) in [5.41, 5.74) is 4.12. The first-order valence-electron chi connectivity index (χ1n) is 6.69. The lowest BCUT2D eigenvalue weighted by Crippen LogP contribution is -1.94. The largest absolute Gasteiger partial charge is 0.344 e. The summed E-state index contributed by atoms with van der Waals surface area (Å²) < 4.78 is 0. The van der Waals surface area contributed by atoms with Gasteiger partial charge in [0.2, 0.25) is 0 Å². The van der Waals surface area contributed by atoms with E-state index in [1.165, 1.54) is 0 Å². The van der Waals surface area contributed by atoms with E-state index >= 15 is 0 Å². The Kier molecular flexibility index (Phi) is 3.54. The van der Waals surface area contributed by atoms with Crippen LogP contribution in [-0.4, -0.2) is 30.4 Å². The predicted octanol–water partition coefficient (Wildman–Crippen LogP) is 2.13. The molecule has 102 valence electrons. The number of aryl methyl sites for hydroxylation is 1. The molecule has 0 spiro atoms. The van der Waals surface area contributed by atoms with Gasteiger partial charge in [-0.15, -0.1) is 0 Å². The Balaban J connectivity index is 1.85. The molecule has 0 bridgehead atoms. The molecule has 0 saturated heterocycles. The van der Waals surface area contributed by atoms with Crippen LogP contribution in [0.1, 0.15) is 30.3 Å². The lowest BCUT2D eigenvalue weighted by Gasteiger charge is -1.99. The van der Waals surface area contributed by atoms with E-state index in [9.17, 15) is 0 Å². The lowest BCUT2D eigenvalue weighted by molar-refractivity contribution is 0.893. The van der Waals surface area contributed by atoms with Gasteiger partial charge in [0.25, 0.3) is 0 Å². The standard InChI is InChI=1S/C14H16N6/c1-2-3-11-8-15-14(19-11)12-9-18-20-13(12)6-10-4-5-16-17-7-10/h4-5,7-9H,2-3,6H2,1H3,(H,15,19)(H,18,20). The third kappa shape index (κ3) is 2.59. The molecule has 3 rings (SSSR count). The first kappa shape index (κ1) is 12.5. The second kappa shape index (κ2) is 5.64. The van der Waals surface area contributed by atoms with Gasteiger partial charge in [0, 0.05) is 25.0 Å². The second-order valence-electron chi connectivity index (χ2n) is 4.66. The number of nitrogens with zero attached hydrogens (tertiary/aromatic N) is 4. The maximum Gasteiger partial charge on any atom is 0.141 e. The highest BCUT2D eigenvalue weighted by molar-refractivity contribution is 5.58. The lowest BCUT2D eigenvalue weighted by atomic mass is 10.1. The first-order chi connectivity index (χ1) is 9.86. The highest BCUT2D eigenvalue weighted by Gasteiger charge is 2.12. The predicted molar refractivity (Wildman–Crippen MR) is 75.0 cm³/mol. The van der Waals surface area contributed by atoms with Crippen molar-refractivity contribution >= 4 is 0 Å². The van der Waals surface area contributed by atoms with Gasteiger partial charge in [0.15, 0.2) is 0 Å². The molecule has 3 aromatic rings. The third-order valence-electron chi connectivity index (χ3n) is 3.13. The fourth-order valence-electron chi connectivity index (χ4n) is 2.16. The summed E-state index contributed by atoms with van der Waals surface area (Å²) in [6, 6.07) is 1.94. The maximum absolute atomic E-state index is 4.60. The van der Waals surface area contributed by atoms with Gasteiger partial charge in [0.1, 0.15) is 5.82 Å². The quantitative estimate of drug-likeness (QED) is 0.742. The molecule has 0 unspecified atom stereocenters. The molecule has 0 fully saturated rings. The molecular formula is C14H16N6. The van der Waals surface area contributed by atoms with Gasteiger partial charge in [0.05, 0.1) is 23.1 Å². The number of hydrogen-bond acceptors (Lipinski definition) is 4. The molecular weight excluding hydrogens is 252 g/mol. The molecule has 0 radical (unpaired) electrons. The van der Waals surface area contributed by atoms with Crippen LogP contribution in [-0.2, 0) is 12.8 Å². The Morgan fingerprint density at radius 2 is 2.15 bits per heavy atom. The molecule has 3 aromatic heterocycles. The summed E-state index contributed by atoms with van der Waals surface area (Å²) in [5, 5.41) is 14.9. The van der Waals surface area contributed by atoms with Gasteiger partial charge < -0.3 is 4.98 Å². The van der Waals surface area contributed by atoms with Crippen LogP contribution in [0.5, 0.6) is 0 Å². The summed E-state index contributed by atoms with van der Waals surface area (Å²) in [4.78, 5) is 7.82. The molecule has 20 heavy (non-hydrogen) atoms. The summed E-state index contributed by atoms with van der Waals surface area (Å²) in [7, 11) is 0. The molecule has 3 heterocycles. The zero-order valence-electron chi connectivity index (χ0n) is 11.3. The topological polar surface area (TPSA) is 83.1 Å². The number of imidazole rings is 1. The molecule has 0 amide bonds. The van der Waals surface area contributed by atoms with Crippen molar-refractivity contribution in [2.45, 2.75) is 26.2 Å². The van der Waals surface area contributed by atoms with Crippen LogP contribution in [0.15, 0.2) is 30.9 Å². The zero-order chi connectivity index (χ0) is 13.8. The fourth-order valence-corrected chi connectivity index (χ4v) is 2.16. The fraction of sp³-hybridized carbons (Fsp3) is 0.286. The minimum Gasteiger partial charge on any atom is -0.344 e. The molecule has 6 nitrogen and oxygen atoms in total. The average Bonchev–Trinajstić information content (AvgIpc) is 3.09. The van der Waals surface area contributed by atoms with Gasteiger partial charge in [-0.05, 0) is 18.1 Å². The van der Waals surface area contributed by atoms with Crippen LogP contribution in [0, 0.1) is 0 Å². The molecule has 0 atom stereocenters. The van der Waals surface area contributed by atoms with Gasteiger partial charge in [-0.1, -0.05) is 13.3 Å². The SMILES string of the molecule is CCCc1c[nH]c(-c2c[nH]nc2Cc2ccnnc2)n1. The monoisotopic (exact) mass is 268 g/mol. The summed E-state index contributed by atoms with van der Waals surface area (Å²) >= 11 is 0. The Morgan fingerprint density at radius 1 is 1.20 bits per heavy atom. The molecule has 0 aliphatic carbocycles. The highest BCUT2D eigenvalue weighted by Crippen LogP contribution is 2.21. The summed E-state index contributed by atoms with van der Waals surface area (Å²) in [5.74, 6) is 0.860. The molecule has 0 aliphatic heterocycles. The van der Waals surface area contributed by atoms with Crippen molar-refractivity contribution in [1.29, 1.82) is 0 Å². The Bertz CT molecular complexity index is 670. The van der Waals surface area contributed by atoms with E-state index in [2.05, 4.69) is 37.3 Å². The van der Waals surface area contributed by atoms with E-state index in [1.54, 1.807) is 12.4 Å². The van der Waals surface area contributed by atoms with Gasteiger partial charge in [-0.25, -0.2) is 4.98 Å². The van der Waals surface area contributed by atoms with E-state index in [1.807, 2.05) is 18.5 Å². The van der Waals surface area contributed by atoms with E-state index in [4.69, 9.17) is 0 Å². The molecule has 6 heteroatoms. The number of hydrogen-bond donors (Lipinski definition) is 2. The van der Waals surface area contributed by atoms with Crippen LogP contribution in [0.4, 0.5) is 0 Å². The van der Waals surface area contributed by atoms with E-state index in [0.29, 0.717) is 6.42 Å². The van der Waals surface area contributed by atoms with Crippen molar-refractivity contribution in [3.63, 3.8) is 0 Å². The molecule has 2 N–H and O–H groups in total. The maximum atomic E-state index is 4.60. The van der Waals surface area contributed by atoms with E-state index < -0.39 is 0 Å². The van der Waals surface area contributed by atoms with Gasteiger partial charge >= 0.3 is 0 Å². The van der Waals surface area contributed by atoms with Crippen molar-refractivity contribution in [2.75, 3.05) is 0 Å². The van der Waals surface area contributed by atoms with Crippen molar-refractivity contribution in [3.8, 4) is 11.4 Å².